The largest absolute Gasteiger partial charge is 0.489 e. The van der Waals surface area contributed by atoms with E-state index in [0.29, 0.717) is 0 Å². The Morgan fingerprint density at radius 2 is 1.84 bits per heavy atom. The van der Waals surface area contributed by atoms with Gasteiger partial charge in [0.1, 0.15) is 12.4 Å². The number of halogens is 2. The Kier molecular flexibility index (Phi) is 2.78. The molecule has 1 aliphatic rings. The Bertz CT molecular complexity index is 638. The zero-order valence-electron chi connectivity index (χ0n) is 9.90. The van der Waals surface area contributed by atoms with Crippen LogP contribution in [0.3, 0.4) is 0 Å². The number of fused-ring (bicyclic) bond motifs is 1. The predicted molar refractivity (Wildman–Crippen MR) is 65.4 cm³/mol. The van der Waals surface area contributed by atoms with Crippen molar-refractivity contribution in [3.63, 3.8) is 0 Å². The molecule has 1 heterocycles. The third kappa shape index (κ3) is 1.99. The van der Waals surface area contributed by atoms with Crippen LogP contribution in [0.25, 0.3) is 0 Å². The van der Waals surface area contributed by atoms with Crippen LogP contribution in [0.4, 0.5) is 8.78 Å². The van der Waals surface area contributed by atoms with E-state index < -0.39 is 17.6 Å². The molecule has 0 spiro atoms. The number of Topliss-reactive ketones (excluding diaryl/α,β-unsaturated/α-hetero) is 1. The Balaban J connectivity index is 2.05. The first kappa shape index (κ1) is 11.8. The lowest BCUT2D eigenvalue weighted by atomic mass is 9.89. The quantitative estimate of drug-likeness (QED) is 0.786. The fourth-order valence-electron chi connectivity index (χ4n) is 2.25. The van der Waals surface area contributed by atoms with Crippen molar-refractivity contribution in [2.45, 2.75) is 5.92 Å². The van der Waals surface area contributed by atoms with Crippen molar-refractivity contribution in [2.75, 3.05) is 6.61 Å². The zero-order chi connectivity index (χ0) is 13.4. The number of rotatable bonds is 1. The second-order valence-corrected chi connectivity index (χ2v) is 4.40. The standard InChI is InChI=1S/C15H10F2O2/c16-10-6-11-14(18)12(9-4-2-1-3-5-9)8-19-15(11)13(17)7-10/h1-7,12H,8H2/t12-/m1/s1. The summed E-state index contributed by atoms with van der Waals surface area (Å²) in [6.07, 6.45) is 0. The van der Waals surface area contributed by atoms with E-state index in [2.05, 4.69) is 0 Å². The summed E-state index contributed by atoms with van der Waals surface area (Å²) in [5.41, 5.74) is 0.750. The van der Waals surface area contributed by atoms with E-state index in [9.17, 15) is 13.6 Å². The molecule has 0 aromatic heterocycles. The Hall–Kier alpha value is -2.23. The smallest absolute Gasteiger partial charge is 0.177 e. The molecule has 0 amide bonds. The maximum atomic E-state index is 13.5. The van der Waals surface area contributed by atoms with Crippen molar-refractivity contribution in [3.8, 4) is 5.75 Å². The van der Waals surface area contributed by atoms with E-state index in [1.807, 2.05) is 18.2 Å². The van der Waals surface area contributed by atoms with Gasteiger partial charge in [0.2, 0.25) is 0 Å². The lowest BCUT2D eigenvalue weighted by Gasteiger charge is -2.24. The van der Waals surface area contributed by atoms with Crippen LogP contribution >= 0.6 is 0 Å². The van der Waals surface area contributed by atoms with Gasteiger partial charge in [0.15, 0.2) is 17.3 Å². The van der Waals surface area contributed by atoms with Gasteiger partial charge < -0.3 is 4.74 Å². The third-order valence-electron chi connectivity index (χ3n) is 3.19. The molecule has 2 aromatic rings. The van der Waals surface area contributed by atoms with Crippen LogP contribution in [-0.2, 0) is 0 Å². The summed E-state index contributed by atoms with van der Waals surface area (Å²) >= 11 is 0. The number of benzene rings is 2. The lowest BCUT2D eigenvalue weighted by molar-refractivity contribution is 0.0890. The fourth-order valence-corrected chi connectivity index (χ4v) is 2.25. The van der Waals surface area contributed by atoms with Gasteiger partial charge >= 0.3 is 0 Å². The van der Waals surface area contributed by atoms with E-state index in [0.717, 1.165) is 17.7 Å². The number of hydrogen-bond acceptors (Lipinski definition) is 2. The minimum Gasteiger partial charge on any atom is -0.489 e. The minimum absolute atomic E-state index is 0.0300. The fraction of sp³-hybridized carbons (Fsp3) is 0.133. The summed E-state index contributed by atoms with van der Waals surface area (Å²) in [7, 11) is 0. The summed E-state index contributed by atoms with van der Waals surface area (Å²) in [5.74, 6) is -2.60. The van der Waals surface area contributed by atoms with Crippen molar-refractivity contribution in [2.24, 2.45) is 0 Å². The first-order valence-electron chi connectivity index (χ1n) is 5.88. The zero-order valence-corrected chi connectivity index (χ0v) is 9.90. The number of ketones is 1. The van der Waals surface area contributed by atoms with Gasteiger partial charge in [0, 0.05) is 6.07 Å². The van der Waals surface area contributed by atoms with Gasteiger partial charge in [-0.3, -0.25) is 4.79 Å². The Morgan fingerprint density at radius 1 is 1.11 bits per heavy atom. The average molecular weight is 260 g/mol. The van der Waals surface area contributed by atoms with Gasteiger partial charge in [-0.25, -0.2) is 8.78 Å². The van der Waals surface area contributed by atoms with E-state index in [-0.39, 0.29) is 23.7 Å². The molecule has 2 nitrogen and oxygen atoms in total. The van der Waals surface area contributed by atoms with E-state index >= 15 is 0 Å². The molecule has 3 rings (SSSR count). The molecule has 0 bridgehead atoms. The normalized spacial score (nSPS) is 17.8. The summed E-state index contributed by atoms with van der Waals surface area (Å²) in [4.78, 5) is 12.3. The van der Waals surface area contributed by atoms with Crippen molar-refractivity contribution in [1.29, 1.82) is 0 Å². The van der Waals surface area contributed by atoms with Crippen molar-refractivity contribution in [3.05, 3.63) is 65.2 Å². The van der Waals surface area contributed by atoms with Crippen molar-refractivity contribution in [1.82, 2.24) is 0 Å². The van der Waals surface area contributed by atoms with Gasteiger partial charge in [0.05, 0.1) is 11.5 Å². The minimum atomic E-state index is -0.838. The number of hydrogen-bond donors (Lipinski definition) is 0. The molecule has 0 aliphatic carbocycles. The summed E-state index contributed by atoms with van der Waals surface area (Å²) in [6.45, 7) is 0.0679. The second-order valence-electron chi connectivity index (χ2n) is 4.40. The molecule has 0 radical (unpaired) electrons. The number of ether oxygens (including phenoxy) is 1. The molecule has 4 heteroatoms. The SMILES string of the molecule is O=C1c2cc(F)cc(F)c2OC[C@@H]1c1ccccc1. The maximum absolute atomic E-state index is 13.5. The molecule has 0 saturated heterocycles. The van der Waals surface area contributed by atoms with Gasteiger partial charge in [0.25, 0.3) is 0 Å². The van der Waals surface area contributed by atoms with Crippen molar-refractivity contribution < 1.29 is 18.3 Å². The van der Waals surface area contributed by atoms with E-state index in [1.54, 1.807) is 12.1 Å². The van der Waals surface area contributed by atoms with Gasteiger partial charge in [-0.05, 0) is 11.6 Å². The van der Waals surface area contributed by atoms with Crippen LogP contribution in [0.5, 0.6) is 5.75 Å². The molecule has 1 aliphatic heterocycles. The highest BCUT2D eigenvalue weighted by molar-refractivity contribution is 6.04. The predicted octanol–water partition coefficient (Wildman–Crippen LogP) is 3.32. The molecular formula is C15H10F2O2. The maximum Gasteiger partial charge on any atom is 0.177 e. The molecular weight excluding hydrogens is 250 g/mol. The summed E-state index contributed by atoms with van der Waals surface area (Å²) < 4.78 is 32.0. The van der Waals surface area contributed by atoms with Crippen LogP contribution in [0, 0.1) is 11.6 Å². The molecule has 2 aromatic carbocycles. The second kappa shape index (κ2) is 4.46. The van der Waals surface area contributed by atoms with Gasteiger partial charge in [-0.1, -0.05) is 30.3 Å². The molecule has 0 fully saturated rings. The first-order valence-corrected chi connectivity index (χ1v) is 5.88. The van der Waals surface area contributed by atoms with Gasteiger partial charge in [-0.2, -0.15) is 0 Å². The highest BCUT2D eigenvalue weighted by Crippen LogP contribution is 2.34. The van der Waals surface area contributed by atoms with Crippen LogP contribution in [0.2, 0.25) is 0 Å². The lowest BCUT2D eigenvalue weighted by Crippen LogP contribution is -2.26. The average Bonchev–Trinajstić information content (AvgIpc) is 2.41. The summed E-state index contributed by atoms with van der Waals surface area (Å²) in [6, 6.07) is 10.8. The van der Waals surface area contributed by atoms with Crippen LogP contribution in [0.1, 0.15) is 21.8 Å². The van der Waals surface area contributed by atoms with Gasteiger partial charge in [-0.15, -0.1) is 0 Å². The monoisotopic (exact) mass is 260 g/mol. The van der Waals surface area contributed by atoms with E-state index in [4.69, 9.17) is 4.74 Å². The topological polar surface area (TPSA) is 26.3 Å². The molecule has 0 N–H and O–H groups in total. The molecule has 19 heavy (non-hydrogen) atoms. The third-order valence-corrected chi connectivity index (χ3v) is 3.19. The number of carbonyl (C=O) groups is 1. The van der Waals surface area contributed by atoms with E-state index in [1.165, 1.54) is 0 Å². The molecule has 0 unspecified atom stereocenters. The van der Waals surface area contributed by atoms with Crippen molar-refractivity contribution >= 4 is 5.78 Å². The highest BCUT2D eigenvalue weighted by atomic mass is 19.1. The number of carbonyl (C=O) groups excluding carboxylic acids is 1. The Morgan fingerprint density at radius 3 is 2.58 bits per heavy atom. The van der Waals surface area contributed by atoms with Crippen LogP contribution in [-0.4, -0.2) is 12.4 Å². The molecule has 1 atom stereocenters. The van der Waals surface area contributed by atoms with Crippen LogP contribution < -0.4 is 4.74 Å². The summed E-state index contributed by atoms with van der Waals surface area (Å²) in [5, 5.41) is 0. The first-order chi connectivity index (χ1) is 9.16. The highest BCUT2D eigenvalue weighted by Gasteiger charge is 2.32. The molecule has 96 valence electrons. The van der Waals surface area contributed by atoms with Crippen LogP contribution in [0.15, 0.2) is 42.5 Å². The Labute approximate surface area is 108 Å². The molecule has 0 saturated carbocycles.